The Hall–Kier alpha value is -1.49. The molecule has 1 amide bonds. The van der Waals surface area contributed by atoms with Gasteiger partial charge in [-0.15, -0.1) is 0 Å². The van der Waals surface area contributed by atoms with Gasteiger partial charge in [-0.3, -0.25) is 4.79 Å². The lowest BCUT2D eigenvalue weighted by Gasteiger charge is -2.02. The largest absolute Gasteiger partial charge is 0.352 e. The van der Waals surface area contributed by atoms with Crippen molar-refractivity contribution >= 4 is 5.91 Å². The third kappa shape index (κ3) is 3.62. The van der Waals surface area contributed by atoms with Gasteiger partial charge in [0.15, 0.2) is 0 Å². The SMILES string of the molecule is CCCC(=O)NCc1cc#ccc1. The normalized spacial score (nSPS) is 9.00. The van der Waals surface area contributed by atoms with Crippen LogP contribution in [-0.4, -0.2) is 5.91 Å². The predicted molar refractivity (Wildman–Crippen MR) is 50.9 cm³/mol. The number of hydrogen-bond donors (Lipinski definition) is 1. The number of hydrogen-bond acceptors (Lipinski definition) is 1. The van der Waals surface area contributed by atoms with Crippen LogP contribution in [0.5, 0.6) is 0 Å². The van der Waals surface area contributed by atoms with Crippen molar-refractivity contribution in [1.82, 2.24) is 5.32 Å². The molecular weight excluding hydrogens is 162 g/mol. The molecule has 0 aliphatic carbocycles. The maximum atomic E-state index is 11.1. The molecule has 0 spiro atoms. The highest BCUT2D eigenvalue weighted by atomic mass is 16.1. The van der Waals surface area contributed by atoms with Crippen molar-refractivity contribution in [3.63, 3.8) is 0 Å². The molecule has 68 valence electrons. The molecule has 1 aromatic rings. The number of nitrogens with one attached hydrogen (secondary N) is 1. The van der Waals surface area contributed by atoms with Gasteiger partial charge < -0.3 is 5.32 Å². The Morgan fingerprint density at radius 1 is 1.54 bits per heavy atom. The average molecular weight is 175 g/mol. The Bertz CT molecular complexity index is 256. The zero-order valence-electron chi connectivity index (χ0n) is 7.76. The summed E-state index contributed by atoms with van der Waals surface area (Å²) in [5.41, 5.74) is 1.06. The minimum absolute atomic E-state index is 0.107. The number of carbonyl (C=O) groups is 1. The second-order valence-electron chi connectivity index (χ2n) is 2.87. The minimum atomic E-state index is 0.107. The fraction of sp³-hybridized carbons (Fsp3) is 0.364. The van der Waals surface area contributed by atoms with E-state index < -0.39 is 0 Å². The Balaban J connectivity index is 2.31. The van der Waals surface area contributed by atoms with Crippen molar-refractivity contribution in [1.29, 1.82) is 0 Å². The quantitative estimate of drug-likeness (QED) is 0.741. The van der Waals surface area contributed by atoms with E-state index in [-0.39, 0.29) is 5.91 Å². The Kier molecular flexibility index (Phi) is 3.84. The lowest BCUT2D eigenvalue weighted by molar-refractivity contribution is -0.121. The topological polar surface area (TPSA) is 29.1 Å². The Labute approximate surface area is 79.0 Å². The van der Waals surface area contributed by atoms with Crippen LogP contribution in [0.1, 0.15) is 25.3 Å². The molecule has 0 aliphatic rings. The van der Waals surface area contributed by atoms with E-state index in [1.54, 1.807) is 6.07 Å². The third-order valence-corrected chi connectivity index (χ3v) is 1.69. The summed E-state index contributed by atoms with van der Waals surface area (Å²) in [6, 6.07) is 11.2. The van der Waals surface area contributed by atoms with Crippen molar-refractivity contribution in [2.24, 2.45) is 0 Å². The summed E-state index contributed by atoms with van der Waals surface area (Å²) < 4.78 is 0. The minimum Gasteiger partial charge on any atom is -0.352 e. The summed E-state index contributed by atoms with van der Waals surface area (Å²) in [6.07, 6.45) is 1.49. The first-order valence-electron chi connectivity index (χ1n) is 4.46. The maximum absolute atomic E-state index is 11.1. The van der Waals surface area contributed by atoms with Crippen molar-refractivity contribution in [3.8, 4) is 0 Å². The van der Waals surface area contributed by atoms with Gasteiger partial charge in [0.1, 0.15) is 0 Å². The molecule has 0 unspecified atom stereocenters. The molecular formula is C11H13NO. The van der Waals surface area contributed by atoms with Gasteiger partial charge in [0, 0.05) is 13.0 Å². The van der Waals surface area contributed by atoms with Crippen LogP contribution in [-0.2, 0) is 11.3 Å². The van der Waals surface area contributed by atoms with Crippen LogP contribution < -0.4 is 5.32 Å². The van der Waals surface area contributed by atoms with Crippen molar-refractivity contribution in [2.45, 2.75) is 26.3 Å². The van der Waals surface area contributed by atoms with E-state index in [9.17, 15) is 4.79 Å². The molecule has 0 radical (unpaired) electrons. The molecule has 0 fully saturated rings. The molecule has 1 rings (SSSR count). The third-order valence-electron chi connectivity index (χ3n) is 1.69. The molecule has 0 atom stereocenters. The monoisotopic (exact) mass is 175 g/mol. The first-order valence-corrected chi connectivity index (χ1v) is 4.46. The van der Waals surface area contributed by atoms with Gasteiger partial charge in [-0.1, -0.05) is 19.1 Å². The highest BCUT2D eigenvalue weighted by Gasteiger charge is 1.97. The predicted octanol–water partition coefficient (Wildman–Crippen LogP) is 1.70. The van der Waals surface area contributed by atoms with Crippen LogP contribution in [0.25, 0.3) is 0 Å². The van der Waals surface area contributed by atoms with Gasteiger partial charge in [-0.25, -0.2) is 0 Å². The standard InChI is InChI=1S/C11H13NO/c1-2-6-11(13)12-9-10-7-4-3-5-8-10/h4,7-8H,2,6,9H2,1H3,(H,12,13). The van der Waals surface area contributed by atoms with Gasteiger partial charge in [-0.05, 0) is 30.2 Å². The summed E-state index contributed by atoms with van der Waals surface area (Å²) in [5, 5.41) is 2.83. The van der Waals surface area contributed by atoms with Gasteiger partial charge >= 0.3 is 0 Å². The van der Waals surface area contributed by atoms with Crippen molar-refractivity contribution < 1.29 is 4.79 Å². The first kappa shape index (κ1) is 9.60. The summed E-state index contributed by atoms with van der Waals surface area (Å²) in [6.45, 7) is 2.58. The van der Waals surface area contributed by atoms with Crippen molar-refractivity contribution in [3.05, 3.63) is 35.9 Å². The zero-order chi connectivity index (χ0) is 9.52. The molecule has 1 aromatic carbocycles. The summed E-state index contributed by atoms with van der Waals surface area (Å²) in [7, 11) is 0. The fourth-order valence-corrected chi connectivity index (χ4v) is 1.01. The zero-order valence-corrected chi connectivity index (χ0v) is 7.76. The molecule has 0 heterocycles. The highest BCUT2D eigenvalue weighted by molar-refractivity contribution is 5.75. The summed E-state index contributed by atoms with van der Waals surface area (Å²) in [4.78, 5) is 11.1. The number of carbonyl (C=O) groups excluding carboxylic acids is 1. The van der Waals surface area contributed by atoms with E-state index >= 15 is 0 Å². The number of amides is 1. The molecule has 0 aromatic heterocycles. The molecule has 0 saturated carbocycles. The highest BCUT2D eigenvalue weighted by Crippen LogP contribution is 1.94. The molecule has 13 heavy (non-hydrogen) atoms. The van der Waals surface area contributed by atoms with Gasteiger partial charge in [-0.2, -0.15) is 0 Å². The summed E-state index contributed by atoms with van der Waals surface area (Å²) in [5.74, 6) is 0.107. The second-order valence-corrected chi connectivity index (χ2v) is 2.87. The van der Waals surface area contributed by atoms with Crippen LogP contribution >= 0.6 is 0 Å². The van der Waals surface area contributed by atoms with Gasteiger partial charge in [0.25, 0.3) is 0 Å². The molecule has 0 aliphatic heterocycles. The number of rotatable bonds is 4. The van der Waals surface area contributed by atoms with E-state index in [0.29, 0.717) is 13.0 Å². The van der Waals surface area contributed by atoms with E-state index in [1.807, 2.05) is 19.1 Å². The van der Waals surface area contributed by atoms with Crippen molar-refractivity contribution in [2.75, 3.05) is 0 Å². The van der Waals surface area contributed by atoms with E-state index in [4.69, 9.17) is 0 Å². The summed E-state index contributed by atoms with van der Waals surface area (Å²) >= 11 is 0. The average Bonchev–Trinajstić information content (AvgIpc) is 2.17. The molecule has 1 N–H and O–H groups in total. The van der Waals surface area contributed by atoms with Crippen LogP contribution in [0.15, 0.2) is 18.2 Å². The molecule has 2 heteroatoms. The smallest absolute Gasteiger partial charge is 0.220 e. The first-order chi connectivity index (χ1) is 6.33. The maximum Gasteiger partial charge on any atom is 0.220 e. The lowest BCUT2D eigenvalue weighted by Crippen LogP contribution is -2.21. The Morgan fingerprint density at radius 3 is 3.00 bits per heavy atom. The van der Waals surface area contributed by atoms with Crippen LogP contribution in [0.2, 0.25) is 0 Å². The van der Waals surface area contributed by atoms with E-state index in [2.05, 4.69) is 17.4 Å². The molecule has 2 nitrogen and oxygen atoms in total. The van der Waals surface area contributed by atoms with Gasteiger partial charge in [0.05, 0.1) is 0 Å². The van der Waals surface area contributed by atoms with Crippen LogP contribution in [0.3, 0.4) is 0 Å². The fourth-order valence-electron chi connectivity index (χ4n) is 1.01. The Morgan fingerprint density at radius 2 is 2.38 bits per heavy atom. The van der Waals surface area contributed by atoms with E-state index in [0.717, 1.165) is 12.0 Å². The van der Waals surface area contributed by atoms with Gasteiger partial charge in [0.2, 0.25) is 5.91 Å². The lowest BCUT2D eigenvalue weighted by atomic mass is 10.2. The van der Waals surface area contributed by atoms with E-state index in [1.165, 1.54) is 0 Å². The molecule has 0 saturated heterocycles. The van der Waals surface area contributed by atoms with Crippen LogP contribution in [0.4, 0.5) is 0 Å². The molecule has 0 bridgehead atoms. The van der Waals surface area contributed by atoms with Crippen LogP contribution in [0, 0.1) is 12.1 Å². The second kappa shape index (κ2) is 5.21.